The molecule has 0 saturated carbocycles. The molecule has 2 nitrogen and oxygen atoms in total. The zero-order valence-corrected chi connectivity index (χ0v) is 14.9. The lowest BCUT2D eigenvalue weighted by molar-refractivity contribution is 0.135. The molecule has 124 valence electrons. The number of aryl methyl sites for hydroxylation is 1. The van der Waals surface area contributed by atoms with Gasteiger partial charge in [0.25, 0.3) is 0 Å². The van der Waals surface area contributed by atoms with Gasteiger partial charge in [0, 0.05) is 16.1 Å². The average molecular weight is 348 g/mol. The summed E-state index contributed by atoms with van der Waals surface area (Å²) in [6.07, 6.45) is 0. The third-order valence-corrected chi connectivity index (χ3v) is 4.88. The highest BCUT2D eigenvalue weighted by molar-refractivity contribution is 6.30. The van der Waals surface area contributed by atoms with Crippen molar-refractivity contribution >= 4 is 23.2 Å². The van der Waals surface area contributed by atoms with Crippen LogP contribution in [0.4, 0.5) is 5.69 Å². The van der Waals surface area contributed by atoms with Gasteiger partial charge in [-0.15, -0.1) is 0 Å². The van der Waals surface area contributed by atoms with E-state index in [2.05, 4.69) is 50.2 Å². The van der Waals surface area contributed by atoms with Crippen LogP contribution < -0.4 is 0 Å². The summed E-state index contributed by atoms with van der Waals surface area (Å²) < 4.78 is 6.40. The fourth-order valence-corrected chi connectivity index (χ4v) is 3.32. The van der Waals surface area contributed by atoms with Crippen LogP contribution in [0.5, 0.6) is 0 Å². The SMILES string of the molecule is Cc1ccc(C2(C)OC(=Nc3ccc(Cl)cc3)c3ccccc32)cc1. The van der Waals surface area contributed by atoms with Crippen LogP contribution in [0.15, 0.2) is 77.8 Å². The van der Waals surface area contributed by atoms with Crippen LogP contribution in [-0.4, -0.2) is 5.90 Å². The topological polar surface area (TPSA) is 21.6 Å². The quantitative estimate of drug-likeness (QED) is 0.555. The first-order chi connectivity index (χ1) is 12.1. The first-order valence-corrected chi connectivity index (χ1v) is 8.64. The number of rotatable bonds is 2. The van der Waals surface area contributed by atoms with Crippen molar-refractivity contribution in [3.05, 3.63) is 100 Å². The lowest BCUT2D eigenvalue weighted by Gasteiger charge is -2.25. The summed E-state index contributed by atoms with van der Waals surface area (Å²) in [5, 5.41) is 0.696. The summed E-state index contributed by atoms with van der Waals surface area (Å²) in [4.78, 5) is 4.71. The molecule has 25 heavy (non-hydrogen) atoms. The summed E-state index contributed by atoms with van der Waals surface area (Å²) in [5.41, 5.74) is 4.78. The molecule has 1 heterocycles. The number of ether oxygens (including phenoxy) is 1. The minimum atomic E-state index is -0.546. The number of halogens is 1. The van der Waals surface area contributed by atoms with E-state index in [0.717, 1.165) is 22.4 Å². The van der Waals surface area contributed by atoms with Gasteiger partial charge in [0.2, 0.25) is 5.90 Å². The molecule has 0 fully saturated rings. The standard InChI is InChI=1S/C22H18ClNO/c1-15-7-9-16(10-8-15)22(2)20-6-4-3-5-19(20)21(25-22)24-18-13-11-17(23)12-14-18/h3-14H,1-2H3. The van der Waals surface area contributed by atoms with E-state index in [0.29, 0.717) is 10.9 Å². The van der Waals surface area contributed by atoms with Crippen LogP contribution in [0.2, 0.25) is 5.02 Å². The largest absolute Gasteiger partial charge is 0.461 e. The van der Waals surface area contributed by atoms with Gasteiger partial charge >= 0.3 is 0 Å². The van der Waals surface area contributed by atoms with Crippen LogP contribution in [0.3, 0.4) is 0 Å². The van der Waals surface area contributed by atoms with Crippen molar-refractivity contribution in [2.75, 3.05) is 0 Å². The molecule has 3 heteroatoms. The molecule has 0 spiro atoms. The molecule has 1 aliphatic heterocycles. The monoisotopic (exact) mass is 347 g/mol. The fourth-order valence-electron chi connectivity index (χ4n) is 3.19. The minimum absolute atomic E-state index is 0.546. The van der Waals surface area contributed by atoms with Crippen molar-refractivity contribution in [1.29, 1.82) is 0 Å². The van der Waals surface area contributed by atoms with Crippen molar-refractivity contribution in [2.45, 2.75) is 19.4 Å². The van der Waals surface area contributed by atoms with Crippen molar-refractivity contribution < 1.29 is 4.74 Å². The molecule has 0 aliphatic carbocycles. The molecule has 0 bridgehead atoms. The van der Waals surface area contributed by atoms with E-state index in [1.54, 1.807) is 0 Å². The van der Waals surface area contributed by atoms with Crippen LogP contribution in [0, 0.1) is 6.92 Å². The zero-order chi connectivity index (χ0) is 17.4. The van der Waals surface area contributed by atoms with Crippen molar-refractivity contribution in [3.63, 3.8) is 0 Å². The molecule has 1 aliphatic rings. The number of aliphatic imine (C=N–C) groups is 1. The van der Waals surface area contributed by atoms with Crippen LogP contribution in [0.25, 0.3) is 0 Å². The molecular weight excluding hydrogens is 330 g/mol. The highest BCUT2D eigenvalue weighted by atomic mass is 35.5. The fraction of sp³-hybridized carbons (Fsp3) is 0.136. The highest BCUT2D eigenvalue weighted by Gasteiger charge is 2.41. The molecule has 1 unspecified atom stereocenters. The first-order valence-electron chi connectivity index (χ1n) is 8.26. The Morgan fingerprint density at radius 2 is 1.56 bits per heavy atom. The molecule has 0 saturated heterocycles. The Balaban J connectivity index is 1.82. The van der Waals surface area contributed by atoms with E-state index in [-0.39, 0.29) is 0 Å². The van der Waals surface area contributed by atoms with Crippen LogP contribution in [-0.2, 0) is 10.3 Å². The second-order valence-electron chi connectivity index (χ2n) is 6.44. The Hall–Kier alpha value is -2.58. The summed E-state index contributed by atoms with van der Waals surface area (Å²) in [5.74, 6) is 0.640. The van der Waals surface area contributed by atoms with Crippen molar-refractivity contribution in [2.24, 2.45) is 4.99 Å². The number of fused-ring (bicyclic) bond motifs is 1. The van der Waals surface area contributed by atoms with Gasteiger partial charge < -0.3 is 4.74 Å². The second kappa shape index (κ2) is 6.05. The molecule has 3 aromatic carbocycles. The molecule has 0 aromatic heterocycles. The minimum Gasteiger partial charge on any atom is -0.461 e. The Kier molecular flexibility index (Phi) is 3.85. The molecule has 1 atom stereocenters. The Morgan fingerprint density at radius 3 is 2.28 bits per heavy atom. The third-order valence-electron chi connectivity index (χ3n) is 4.63. The maximum absolute atomic E-state index is 6.40. The average Bonchev–Trinajstić information content (AvgIpc) is 2.91. The third kappa shape index (κ3) is 2.83. The summed E-state index contributed by atoms with van der Waals surface area (Å²) in [6.45, 7) is 4.18. The van der Waals surface area contributed by atoms with E-state index >= 15 is 0 Å². The Bertz CT molecular complexity index is 945. The maximum Gasteiger partial charge on any atom is 0.222 e. The van der Waals surface area contributed by atoms with Gasteiger partial charge in [-0.2, -0.15) is 0 Å². The van der Waals surface area contributed by atoms with E-state index in [9.17, 15) is 0 Å². The van der Waals surface area contributed by atoms with Gasteiger partial charge in [-0.1, -0.05) is 59.6 Å². The molecular formula is C22H18ClNO. The van der Waals surface area contributed by atoms with Crippen molar-refractivity contribution in [1.82, 2.24) is 0 Å². The zero-order valence-electron chi connectivity index (χ0n) is 14.2. The normalized spacial score (nSPS) is 20.4. The van der Waals surface area contributed by atoms with Gasteiger partial charge in [0.15, 0.2) is 5.60 Å². The van der Waals surface area contributed by atoms with E-state index in [1.165, 1.54) is 5.56 Å². The molecule has 4 rings (SSSR count). The summed E-state index contributed by atoms with van der Waals surface area (Å²) in [6, 6.07) is 24.1. The first kappa shape index (κ1) is 15.9. The number of hydrogen-bond donors (Lipinski definition) is 0. The van der Waals surface area contributed by atoms with Crippen LogP contribution >= 0.6 is 11.6 Å². The summed E-state index contributed by atoms with van der Waals surface area (Å²) >= 11 is 5.97. The Morgan fingerprint density at radius 1 is 0.880 bits per heavy atom. The van der Waals surface area contributed by atoms with Gasteiger partial charge in [0.05, 0.1) is 5.69 Å². The summed E-state index contributed by atoms with van der Waals surface area (Å²) in [7, 11) is 0. The van der Waals surface area contributed by atoms with Gasteiger partial charge in [-0.3, -0.25) is 0 Å². The Labute approximate surface area is 152 Å². The molecule has 0 N–H and O–H groups in total. The number of nitrogens with zero attached hydrogens (tertiary/aromatic N) is 1. The second-order valence-corrected chi connectivity index (χ2v) is 6.88. The number of hydrogen-bond acceptors (Lipinski definition) is 2. The lowest BCUT2D eigenvalue weighted by atomic mass is 9.87. The van der Waals surface area contributed by atoms with Crippen molar-refractivity contribution in [3.8, 4) is 0 Å². The predicted octanol–water partition coefficient (Wildman–Crippen LogP) is 6.02. The molecule has 3 aromatic rings. The maximum atomic E-state index is 6.40. The smallest absolute Gasteiger partial charge is 0.222 e. The predicted molar refractivity (Wildman–Crippen MR) is 103 cm³/mol. The number of benzene rings is 3. The van der Waals surface area contributed by atoms with E-state index < -0.39 is 5.60 Å². The van der Waals surface area contributed by atoms with Gasteiger partial charge in [-0.05, 0) is 49.7 Å². The van der Waals surface area contributed by atoms with E-state index in [1.807, 2.05) is 36.4 Å². The van der Waals surface area contributed by atoms with E-state index in [4.69, 9.17) is 21.3 Å². The molecule has 0 amide bonds. The van der Waals surface area contributed by atoms with Crippen LogP contribution in [0.1, 0.15) is 29.2 Å². The van der Waals surface area contributed by atoms with Gasteiger partial charge in [0.1, 0.15) is 0 Å². The highest BCUT2D eigenvalue weighted by Crippen LogP contribution is 2.42. The molecule has 0 radical (unpaired) electrons. The lowest BCUT2D eigenvalue weighted by Crippen LogP contribution is -2.23. The van der Waals surface area contributed by atoms with Gasteiger partial charge in [-0.25, -0.2) is 4.99 Å².